The molecule has 25 heavy (non-hydrogen) atoms. The Hall–Kier alpha value is -1.34. The maximum Gasteiger partial charge on any atom is 0.250 e. The fourth-order valence-corrected chi connectivity index (χ4v) is 7.25. The molecule has 3 atom stereocenters. The van der Waals surface area contributed by atoms with Gasteiger partial charge in [-0.15, -0.1) is 0 Å². The first-order chi connectivity index (χ1) is 11.7. The number of rotatable bonds is 3. The molecule has 0 aromatic heterocycles. The molecule has 136 valence electrons. The zero-order valence-electron chi connectivity index (χ0n) is 15.0. The highest BCUT2D eigenvalue weighted by Crippen LogP contribution is 2.41. The highest BCUT2D eigenvalue weighted by molar-refractivity contribution is 8.16. The number of aryl methyl sites for hydroxylation is 2. The Morgan fingerprint density at radius 1 is 1.28 bits per heavy atom. The second-order valence-electron chi connectivity index (χ2n) is 7.06. The Balaban J connectivity index is 2.03. The molecule has 0 aliphatic carbocycles. The second-order valence-corrected chi connectivity index (χ2v) is 10.4. The van der Waals surface area contributed by atoms with Gasteiger partial charge in [-0.2, -0.15) is 4.99 Å². The van der Waals surface area contributed by atoms with Crippen LogP contribution >= 0.6 is 11.8 Å². The Bertz CT molecular complexity index is 812. The summed E-state index contributed by atoms with van der Waals surface area (Å²) in [5.74, 6) is 0.00884. The van der Waals surface area contributed by atoms with Gasteiger partial charge in [0.05, 0.1) is 17.5 Å². The van der Waals surface area contributed by atoms with Gasteiger partial charge in [0.1, 0.15) is 0 Å². The molecule has 5 nitrogen and oxygen atoms in total. The van der Waals surface area contributed by atoms with E-state index < -0.39 is 9.84 Å². The predicted octanol–water partition coefficient (Wildman–Crippen LogP) is 2.95. The van der Waals surface area contributed by atoms with Gasteiger partial charge in [0.2, 0.25) is 0 Å². The zero-order chi connectivity index (χ0) is 18.4. The van der Waals surface area contributed by atoms with Crippen molar-refractivity contribution in [3.63, 3.8) is 0 Å². The largest absolute Gasteiger partial charge is 0.316 e. The Kier molecular flexibility index (Phi) is 4.99. The monoisotopic (exact) mass is 380 g/mol. The SMILES string of the molecule is CC[C@H](C)C(=O)N=C1S[C@@H]2CS(=O)(=O)C[C@H]2N1c1cc(C)cc(C)c1. The molecule has 2 heterocycles. The van der Waals surface area contributed by atoms with E-state index in [-0.39, 0.29) is 34.6 Å². The molecule has 2 aliphatic heterocycles. The number of nitrogens with zero attached hydrogens (tertiary/aromatic N) is 2. The maximum absolute atomic E-state index is 12.3. The summed E-state index contributed by atoms with van der Waals surface area (Å²) in [6.07, 6.45) is 0.741. The summed E-state index contributed by atoms with van der Waals surface area (Å²) in [4.78, 5) is 18.7. The van der Waals surface area contributed by atoms with E-state index in [0.29, 0.717) is 5.17 Å². The van der Waals surface area contributed by atoms with Gasteiger partial charge in [0, 0.05) is 16.9 Å². The van der Waals surface area contributed by atoms with E-state index in [1.54, 1.807) is 0 Å². The number of carbonyl (C=O) groups is 1. The van der Waals surface area contributed by atoms with Crippen LogP contribution in [0.1, 0.15) is 31.4 Å². The molecule has 1 aromatic carbocycles. The van der Waals surface area contributed by atoms with Gasteiger partial charge in [-0.3, -0.25) is 4.79 Å². The van der Waals surface area contributed by atoms with Gasteiger partial charge >= 0.3 is 0 Å². The summed E-state index contributed by atoms with van der Waals surface area (Å²) < 4.78 is 24.2. The van der Waals surface area contributed by atoms with Crippen molar-refractivity contribution < 1.29 is 13.2 Å². The van der Waals surface area contributed by atoms with E-state index in [1.165, 1.54) is 11.8 Å². The van der Waals surface area contributed by atoms with Gasteiger partial charge in [-0.05, 0) is 43.5 Å². The molecule has 0 spiro atoms. The summed E-state index contributed by atoms with van der Waals surface area (Å²) in [6.45, 7) is 7.87. The number of carbonyl (C=O) groups excluding carboxylic acids is 1. The molecule has 1 aromatic rings. The standard InChI is InChI=1S/C18H24N2O3S2/c1-5-13(4)17(21)19-18-20(14-7-11(2)6-12(3)8-14)15-9-25(22,23)10-16(15)24-18/h6-8,13,15-16H,5,9-10H2,1-4H3/t13-,15+,16+/m0/s1. The summed E-state index contributed by atoms with van der Waals surface area (Å²) in [6, 6.07) is 5.99. The van der Waals surface area contributed by atoms with E-state index in [1.807, 2.05) is 44.7 Å². The first-order valence-electron chi connectivity index (χ1n) is 8.57. The molecule has 0 saturated carbocycles. The van der Waals surface area contributed by atoms with Crippen molar-refractivity contribution in [3.8, 4) is 0 Å². The minimum atomic E-state index is -3.04. The lowest BCUT2D eigenvalue weighted by molar-refractivity contribution is -0.121. The summed E-state index contributed by atoms with van der Waals surface area (Å²) >= 11 is 1.43. The van der Waals surface area contributed by atoms with Gasteiger partial charge in [0.15, 0.2) is 15.0 Å². The fourth-order valence-electron chi connectivity index (χ4n) is 3.34. The topological polar surface area (TPSA) is 66.8 Å². The van der Waals surface area contributed by atoms with Gasteiger partial charge in [-0.25, -0.2) is 8.42 Å². The number of benzene rings is 1. The number of thioether (sulfide) groups is 1. The minimum Gasteiger partial charge on any atom is -0.316 e. The summed E-state index contributed by atoms with van der Waals surface area (Å²) in [5, 5.41) is 0.578. The molecule has 1 amide bonds. The molecule has 0 radical (unpaired) electrons. The lowest BCUT2D eigenvalue weighted by Gasteiger charge is -2.25. The average molecular weight is 381 g/mol. The number of amidine groups is 1. The van der Waals surface area contributed by atoms with Crippen LogP contribution in [0.15, 0.2) is 23.2 Å². The number of fused-ring (bicyclic) bond motifs is 1. The van der Waals surface area contributed by atoms with Gasteiger partial charge < -0.3 is 4.90 Å². The molecule has 2 saturated heterocycles. The first-order valence-corrected chi connectivity index (χ1v) is 11.3. The third-order valence-corrected chi connectivity index (χ3v) is 8.00. The second kappa shape index (κ2) is 6.76. The molecule has 2 fully saturated rings. The van der Waals surface area contributed by atoms with Crippen LogP contribution in [-0.2, 0) is 14.6 Å². The molecule has 3 rings (SSSR count). The summed E-state index contributed by atoms with van der Waals surface area (Å²) in [5.41, 5.74) is 3.14. The van der Waals surface area contributed by atoms with Crippen molar-refractivity contribution in [2.45, 2.75) is 45.4 Å². The van der Waals surface area contributed by atoms with Crippen molar-refractivity contribution in [2.24, 2.45) is 10.9 Å². The average Bonchev–Trinajstić information content (AvgIpc) is 2.95. The van der Waals surface area contributed by atoms with Crippen LogP contribution in [0.3, 0.4) is 0 Å². The molecule has 7 heteroatoms. The van der Waals surface area contributed by atoms with E-state index in [2.05, 4.69) is 11.1 Å². The van der Waals surface area contributed by atoms with E-state index in [9.17, 15) is 13.2 Å². The molecular formula is C18H24N2O3S2. The van der Waals surface area contributed by atoms with Gasteiger partial charge in [0.25, 0.3) is 5.91 Å². The van der Waals surface area contributed by atoms with Crippen LogP contribution < -0.4 is 4.90 Å². The minimum absolute atomic E-state index is 0.0608. The smallest absolute Gasteiger partial charge is 0.250 e. The number of hydrogen-bond donors (Lipinski definition) is 0. The Labute approximate surface area is 153 Å². The molecule has 0 bridgehead atoms. The van der Waals surface area contributed by atoms with E-state index >= 15 is 0 Å². The highest BCUT2D eigenvalue weighted by atomic mass is 32.2. The highest BCUT2D eigenvalue weighted by Gasteiger charge is 2.49. The number of anilines is 1. The maximum atomic E-state index is 12.3. The van der Waals surface area contributed by atoms with Crippen LogP contribution in [0, 0.1) is 19.8 Å². The predicted molar refractivity (Wildman–Crippen MR) is 104 cm³/mol. The molecule has 0 unspecified atom stereocenters. The van der Waals surface area contributed by atoms with Crippen molar-refractivity contribution in [2.75, 3.05) is 16.4 Å². The number of aliphatic imine (C=N–C) groups is 1. The van der Waals surface area contributed by atoms with Crippen LogP contribution in [-0.4, -0.2) is 42.3 Å². The number of hydrogen-bond acceptors (Lipinski definition) is 4. The third kappa shape index (κ3) is 3.77. The van der Waals surface area contributed by atoms with Crippen LogP contribution in [0.2, 0.25) is 0 Å². The van der Waals surface area contributed by atoms with Crippen LogP contribution in [0.25, 0.3) is 0 Å². The van der Waals surface area contributed by atoms with Crippen molar-refractivity contribution in [1.29, 1.82) is 0 Å². The van der Waals surface area contributed by atoms with Crippen LogP contribution in [0.4, 0.5) is 5.69 Å². The fraction of sp³-hybridized carbons (Fsp3) is 0.556. The quantitative estimate of drug-likeness (QED) is 0.806. The normalized spacial score (nSPS) is 27.5. The Morgan fingerprint density at radius 2 is 1.92 bits per heavy atom. The van der Waals surface area contributed by atoms with Crippen molar-refractivity contribution in [3.05, 3.63) is 29.3 Å². The van der Waals surface area contributed by atoms with E-state index in [0.717, 1.165) is 23.2 Å². The number of amides is 1. The summed E-state index contributed by atoms with van der Waals surface area (Å²) in [7, 11) is -3.04. The molecule has 2 aliphatic rings. The first kappa shape index (κ1) is 18.5. The lowest BCUT2D eigenvalue weighted by atomic mass is 10.1. The Morgan fingerprint density at radius 3 is 2.52 bits per heavy atom. The molecule has 0 N–H and O–H groups in total. The molecular weight excluding hydrogens is 356 g/mol. The van der Waals surface area contributed by atoms with Crippen molar-refractivity contribution in [1.82, 2.24) is 0 Å². The third-order valence-electron chi connectivity index (χ3n) is 4.79. The number of sulfone groups is 1. The van der Waals surface area contributed by atoms with Crippen molar-refractivity contribution >= 4 is 38.4 Å². The van der Waals surface area contributed by atoms with E-state index in [4.69, 9.17) is 0 Å². The van der Waals surface area contributed by atoms with Crippen LogP contribution in [0.5, 0.6) is 0 Å². The zero-order valence-corrected chi connectivity index (χ0v) is 16.7. The lowest BCUT2D eigenvalue weighted by Crippen LogP contribution is -2.38. The van der Waals surface area contributed by atoms with Gasteiger partial charge in [-0.1, -0.05) is 31.7 Å².